The average Bonchev–Trinajstić information content (AvgIpc) is 2.66. The second-order valence-corrected chi connectivity index (χ2v) is 4.17. The molecule has 4 nitrogen and oxygen atoms in total. The van der Waals surface area contributed by atoms with Gasteiger partial charge in [0.15, 0.2) is 0 Å². The summed E-state index contributed by atoms with van der Waals surface area (Å²) in [6.45, 7) is 3.96. The summed E-state index contributed by atoms with van der Waals surface area (Å²) in [4.78, 5) is 10.7. The Labute approximate surface area is 106 Å². The zero-order valence-corrected chi connectivity index (χ0v) is 10.4. The second kappa shape index (κ2) is 4.87. The molecule has 2 rings (SSSR count). The quantitative estimate of drug-likeness (QED) is 0.835. The molecule has 0 saturated heterocycles. The average molecular weight is 241 g/mol. The highest BCUT2D eigenvalue weighted by molar-refractivity contribution is 5.90. The van der Waals surface area contributed by atoms with E-state index in [9.17, 15) is 4.79 Å². The van der Waals surface area contributed by atoms with E-state index in [0.29, 0.717) is 0 Å². The summed E-state index contributed by atoms with van der Waals surface area (Å²) >= 11 is 0. The normalized spacial score (nSPS) is 11.0. The van der Waals surface area contributed by atoms with Crippen molar-refractivity contribution in [1.29, 1.82) is 0 Å². The molecule has 0 unspecified atom stereocenters. The van der Waals surface area contributed by atoms with Gasteiger partial charge in [-0.25, -0.2) is 4.68 Å². The van der Waals surface area contributed by atoms with Gasteiger partial charge in [-0.1, -0.05) is 12.1 Å². The predicted molar refractivity (Wildman–Crippen MR) is 71.3 cm³/mol. The summed E-state index contributed by atoms with van der Waals surface area (Å²) in [5.41, 5.74) is 9.00. The van der Waals surface area contributed by atoms with Gasteiger partial charge in [0, 0.05) is 11.8 Å². The summed E-state index contributed by atoms with van der Waals surface area (Å²) in [5, 5.41) is 4.42. The van der Waals surface area contributed by atoms with Crippen molar-refractivity contribution in [2.75, 3.05) is 0 Å². The number of rotatable bonds is 3. The summed E-state index contributed by atoms with van der Waals surface area (Å²) in [6, 6.07) is 9.78. The van der Waals surface area contributed by atoms with Crippen molar-refractivity contribution in [2.45, 2.75) is 13.8 Å². The van der Waals surface area contributed by atoms with Gasteiger partial charge < -0.3 is 5.73 Å². The number of carbonyl (C=O) groups excluding carboxylic acids is 1. The van der Waals surface area contributed by atoms with Crippen molar-refractivity contribution in [3.63, 3.8) is 0 Å². The molecule has 0 aliphatic carbocycles. The molecule has 1 heterocycles. The number of benzene rings is 1. The fourth-order valence-corrected chi connectivity index (χ4v) is 1.83. The third kappa shape index (κ3) is 2.66. The van der Waals surface area contributed by atoms with Crippen LogP contribution in [0.25, 0.3) is 11.8 Å². The minimum Gasteiger partial charge on any atom is -0.366 e. The fraction of sp³-hybridized carbons (Fsp3) is 0.143. The molecule has 0 aliphatic rings. The zero-order chi connectivity index (χ0) is 13.1. The van der Waals surface area contributed by atoms with Crippen molar-refractivity contribution in [3.05, 3.63) is 53.4 Å². The lowest BCUT2D eigenvalue weighted by molar-refractivity contribution is -0.113. The molecule has 1 aromatic carbocycles. The van der Waals surface area contributed by atoms with Gasteiger partial charge in [-0.05, 0) is 43.7 Å². The van der Waals surface area contributed by atoms with Gasteiger partial charge in [0.2, 0.25) is 5.91 Å². The molecule has 0 bridgehead atoms. The smallest absolute Gasteiger partial charge is 0.241 e. The molecule has 0 radical (unpaired) electrons. The highest BCUT2D eigenvalue weighted by Crippen LogP contribution is 2.14. The van der Waals surface area contributed by atoms with Gasteiger partial charge in [0.05, 0.1) is 11.4 Å². The van der Waals surface area contributed by atoms with Gasteiger partial charge >= 0.3 is 0 Å². The molecule has 0 aliphatic heterocycles. The molecule has 92 valence electrons. The lowest BCUT2D eigenvalue weighted by atomic mass is 10.2. The van der Waals surface area contributed by atoms with Crippen molar-refractivity contribution < 1.29 is 4.79 Å². The maximum Gasteiger partial charge on any atom is 0.241 e. The van der Waals surface area contributed by atoms with Gasteiger partial charge in [0.25, 0.3) is 0 Å². The van der Waals surface area contributed by atoms with E-state index in [-0.39, 0.29) is 0 Å². The third-order valence-electron chi connectivity index (χ3n) is 2.56. The molecule has 1 aromatic heterocycles. The monoisotopic (exact) mass is 241 g/mol. The van der Waals surface area contributed by atoms with E-state index in [1.54, 1.807) is 6.08 Å². The molecule has 0 spiro atoms. The maximum absolute atomic E-state index is 10.7. The predicted octanol–water partition coefficient (Wildman–Crippen LogP) is 1.99. The Hall–Kier alpha value is -2.36. The largest absolute Gasteiger partial charge is 0.366 e. The first kappa shape index (κ1) is 12.1. The van der Waals surface area contributed by atoms with Crippen LogP contribution in [0.5, 0.6) is 0 Å². The van der Waals surface area contributed by atoms with Crippen molar-refractivity contribution in [1.82, 2.24) is 9.78 Å². The Kier molecular flexibility index (Phi) is 3.28. The van der Waals surface area contributed by atoms with E-state index < -0.39 is 5.91 Å². The first-order valence-corrected chi connectivity index (χ1v) is 5.67. The van der Waals surface area contributed by atoms with E-state index in [4.69, 9.17) is 5.73 Å². The van der Waals surface area contributed by atoms with E-state index in [1.807, 2.05) is 48.9 Å². The summed E-state index contributed by atoms with van der Waals surface area (Å²) in [6.07, 6.45) is 3.04. The Bertz CT molecular complexity index is 611. The molecule has 4 heteroatoms. The molecule has 2 N–H and O–H groups in total. The molecule has 18 heavy (non-hydrogen) atoms. The number of amides is 1. The van der Waals surface area contributed by atoms with Crippen molar-refractivity contribution in [3.8, 4) is 5.69 Å². The van der Waals surface area contributed by atoms with Crippen LogP contribution >= 0.6 is 0 Å². The maximum atomic E-state index is 10.7. The van der Waals surface area contributed by atoms with Crippen LogP contribution in [0.15, 0.2) is 36.4 Å². The summed E-state index contributed by atoms with van der Waals surface area (Å²) in [7, 11) is 0. The van der Waals surface area contributed by atoms with Crippen LogP contribution in [0.4, 0.5) is 0 Å². The second-order valence-electron chi connectivity index (χ2n) is 4.17. The molecule has 0 atom stereocenters. The molecule has 1 amide bonds. The minimum absolute atomic E-state index is 0.452. The first-order chi connectivity index (χ1) is 8.56. The zero-order valence-electron chi connectivity index (χ0n) is 10.4. The Morgan fingerprint density at radius 3 is 2.72 bits per heavy atom. The van der Waals surface area contributed by atoms with Crippen LogP contribution in [0, 0.1) is 13.8 Å². The number of aromatic nitrogens is 2. The van der Waals surface area contributed by atoms with Gasteiger partial charge in [-0.2, -0.15) is 5.10 Å². The van der Waals surface area contributed by atoms with E-state index >= 15 is 0 Å². The fourth-order valence-electron chi connectivity index (χ4n) is 1.83. The SMILES string of the molecule is Cc1cc(C)n(-c2cccc(C=CC(N)=O)c2)n1. The lowest BCUT2D eigenvalue weighted by Crippen LogP contribution is -2.05. The number of nitrogens with zero attached hydrogens (tertiary/aromatic N) is 2. The van der Waals surface area contributed by atoms with Crippen molar-refractivity contribution >= 4 is 12.0 Å². The van der Waals surface area contributed by atoms with Crippen LogP contribution in [-0.4, -0.2) is 15.7 Å². The van der Waals surface area contributed by atoms with Gasteiger partial charge in [-0.15, -0.1) is 0 Å². The van der Waals surface area contributed by atoms with Crippen LogP contribution in [0.1, 0.15) is 17.0 Å². The van der Waals surface area contributed by atoms with Gasteiger partial charge in [0.1, 0.15) is 0 Å². The number of nitrogens with two attached hydrogens (primary N) is 1. The van der Waals surface area contributed by atoms with Crippen LogP contribution in [0.3, 0.4) is 0 Å². The number of hydrogen-bond acceptors (Lipinski definition) is 2. The molecule has 2 aromatic rings. The molecular formula is C14H15N3O. The molecule has 0 saturated carbocycles. The van der Waals surface area contributed by atoms with Crippen LogP contribution in [-0.2, 0) is 4.79 Å². The highest BCUT2D eigenvalue weighted by Gasteiger charge is 2.03. The van der Waals surface area contributed by atoms with Crippen molar-refractivity contribution in [2.24, 2.45) is 5.73 Å². The molecular weight excluding hydrogens is 226 g/mol. The first-order valence-electron chi connectivity index (χ1n) is 5.67. The number of hydrogen-bond donors (Lipinski definition) is 1. The number of aryl methyl sites for hydroxylation is 2. The van der Waals surface area contributed by atoms with E-state index in [0.717, 1.165) is 22.6 Å². The van der Waals surface area contributed by atoms with Crippen LogP contribution < -0.4 is 5.73 Å². The minimum atomic E-state index is -0.452. The third-order valence-corrected chi connectivity index (χ3v) is 2.56. The van der Waals surface area contributed by atoms with E-state index in [2.05, 4.69) is 5.10 Å². The van der Waals surface area contributed by atoms with E-state index in [1.165, 1.54) is 6.08 Å². The Morgan fingerprint density at radius 2 is 2.11 bits per heavy atom. The van der Waals surface area contributed by atoms with Crippen LogP contribution in [0.2, 0.25) is 0 Å². The van der Waals surface area contributed by atoms with Gasteiger partial charge in [-0.3, -0.25) is 4.79 Å². The molecule has 0 fully saturated rings. The number of carbonyl (C=O) groups is 1. The topological polar surface area (TPSA) is 60.9 Å². The lowest BCUT2D eigenvalue weighted by Gasteiger charge is -2.05. The Morgan fingerprint density at radius 1 is 1.33 bits per heavy atom. The highest BCUT2D eigenvalue weighted by atomic mass is 16.1. The summed E-state index contributed by atoms with van der Waals surface area (Å²) < 4.78 is 1.87. The summed E-state index contributed by atoms with van der Waals surface area (Å²) in [5.74, 6) is -0.452. The Balaban J connectivity index is 2.38. The standard InChI is InChI=1S/C14H15N3O/c1-10-8-11(2)17(16-10)13-5-3-4-12(9-13)6-7-14(15)18/h3-9H,1-2H3,(H2,15,18). The number of primary amides is 1.